The third kappa shape index (κ3) is 6.86. The molecule has 0 aliphatic carbocycles. The molecule has 0 aromatic heterocycles. The molecule has 0 saturated heterocycles. The van der Waals surface area contributed by atoms with E-state index >= 15 is 0 Å². The molecule has 0 bridgehead atoms. The molecule has 5 heteroatoms. The number of aryl methyl sites for hydroxylation is 2. The van der Waals surface area contributed by atoms with E-state index in [4.69, 9.17) is 0 Å². The maximum Gasteiger partial charge on any atom is 0.248 e. The number of rotatable bonds is 8. The zero-order valence-electron chi connectivity index (χ0n) is 18.6. The van der Waals surface area contributed by atoms with Crippen LogP contribution in [0.3, 0.4) is 0 Å². The number of benzene rings is 3. The summed E-state index contributed by atoms with van der Waals surface area (Å²) in [6.07, 6.45) is 3.98. The van der Waals surface area contributed by atoms with Crippen LogP contribution in [0.15, 0.2) is 83.8 Å². The summed E-state index contributed by atoms with van der Waals surface area (Å²) in [6.45, 7) is 6.08. The Morgan fingerprint density at radius 1 is 0.875 bits per heavy atom. The van der Waals surface area contributed by atoms with Crippen LogP contribution in [0.4, 0.5) is 11.4 Å². The molecule has 1 unspecified atom stereocenters. The van der Waals surface area contributed by atoms with E-state index in [2.05, 4.69) is 17.6 Å². The summed E-state index contributed by atoms with van der Waals surface area (Å²) in [5.41, 5.74) is 4.81. The summed E-state index contributed by atoms with van der Waals surface area (Å²) in [4.78, 5) is 26.0. The summed E-state index contributed by atoms with van der Waals surface area (Å²) in [5, 5.41) is 5.67. The zero-order chi connectivity index (χ0) is 22.9. The third-order valence-corrected chi connectivity index (χ3v) is 6.40. The molecule has 0 aliphatic heterocycles. The van der Waals surface area contributed by atoms with E-state index in [-0.39, 0.29) is 17.1 Å². The highest BCUT2D eigenvalue weighted by atomic mass is 32.2. The number of hydrogen-bond acceptors (Lipinski definition) is 3. The molecule has 2 N–H and O–H groups in total. The largest absolute Gasteiger partial charge is 0.325 e. The molecule has 3 aromatic rings. The lowest BCUT2D eigenvalue weighted by molar-refractivity contribution is -0.115. The van der Waals surface area contributed by atoms with Crippen LogP contribution in [0.1, 0.15) is 30.0 Å². The van der Waals surface area contributed by atoms with Gasteiger partial charge in [-0.15, -0.1) is 11.8 Å². The topological polar surface area (TPSA) is 58.2 Å². The van der Waals surface area contributed by atoms with Crippen molar-refractivity contribution in [2.75, 3.05) is 10.6 Å². The maximum atomic E-state index is 12.8. The fraction of sp³-hybridized carbons (Fsp3) is 0.185. The molecule has 2 amide bonds. The van der Waals surface area contributed by atoms with E-state index in [1.165, 1.54) is 23.4 Å². The quantitative estimate of drug-likeness (QED) is 0.309. The number of carbonyl (C=O) groups excluding carboxylic acids is 2. The average molecular weight is 445 g/mol. The number of amides is 2. The van der Waals surface area contributed by atoms with Crippen LogP contribution in [0.25, 0.3) is 6.08 Å². The second-order valence-electron chi connectivity index (χ2n) is 7.56. The van der Waals surface area contributed by atoms with Gasteiger partial charge in [0, 0.05) is 22.3 Å². The predicted octanol–water partition coefficient (Wildman–Crippen LogP) is 6.46. The molecule has 32 heavy (non-hydrogen) atoms. The highest BCUT2D eigenvalue weighted by Crippen LogP contribution is 2.29. The highest BCUT2D eigenvalue weighted by Gasteiger charge is 2.18. The summed E-state index contributed by atoms with van der Waals surface area (Å²) >= 11 is 1.49. The van der Waals surface area contributed by atoms with Crippen LogP contribution >= 0.6 is 11.8 Å². The fourth-order valence-corrected chi connectivity index (χ4v) is 4.11. The maximum absolute atomic E-state index is 12.8. The molecule has 3 rings (SSSR count). The minimum Gasteiger partial charge on any atom is -0.325 e. The van der Waals surface area contributed by atoms with Crippen LogP contribution in [-0.4, -0.2) is 17.1 Å². The van der Waals surface area contributed by atoms with Crippen LogP contribution in [-0.2, 0) is 9.59 Å². The van der Waals surface area contributed by atoms with Gasteiger partial charge in [0.15, 0.2) is 0 Å². The number of nitrogens with one attached hydrogen (secondary N) is 2. The summed E-state index contributed by atoms with van der Waals surface area (Å²) < 4.78 is 0. The third-order valence-electron chi connectivity index (χ3n) is 5.04. The van der Waals surface area contributed by atoms with Crippen LogP contribution in [0.2, 0.25) is 0 Å². The Morgan fingerprint density at radius 3 is 2.34 bits per heavy atom. The fourth-order valence-electron chi connectivity index (χ4n) is 3.10. The standard InChI is InChI=1S/C27H28N2O2S/c1-4-25(27(31)29-23-15-13-19(2)20(3)17-23)32-24-12-8-11-22(18-24)28-26(30)16-14-21-9-6-5-7-10-21/h5-18,25H,4H2,1-3H3,(H,28,30)(H,29,31)/b16-14+. The SMILES string of the molecule is CCC(Sc1cccc(NC(=O)/C=C/c2ccccc2)c1)C(=O)Nc1ccc(C)c(C)c1. The van der Waals surface area contributed by atoms with E-state index in [1.807, 2.05) is 86.6 Å². The van der Waals surface area contributed by atoms with Crippen molar-refractivity contribution < 1.29 is 9.59 Å². The lowest BCUT2D eigenvalue weighted by Gasteiger charge is -2.16. The van der Waals surface area contributed by atoms with Crippen molar-refractivity contribution in [3.05, 3.63) is 95.6 Å². The molecule has 0 saturated carbocycles. The van der Waals surface area contributed by atoms with Gasteiger partial charge in [-0.25, -0.2) is 0 Å². The molecular formula is C27H28N2O2S. The van der Waals surface area contributed by atoms with Crippen molar-refractivity contribution in [1.82, 2.24) is 0 Å². The summed E-state index contributed by atoms with van der Waals surface area (Å²) in [6, 6.07) is 23.2. The smallest absolute Gasteiger partial charge is 0.248 e. The van der Waals surface area contributed by atoms with E-state index in [0.29, 0.717) is 12.1 Å². The Morgan fingerprint density at radius 2 is 1.62 bits per heavy atom. The first-order valence-electron chi connectivity index (χ1n) is 10.6. The normalized spacial score (nSPS) is 11.8. The second kappa shape index (κ2) is 11.3. The van der Waals surface area contributed by atoms with Gasteiger partial charge in [0.2, 0.25) is 11.8 Å². The summed E-state index contributed by atoms with van der Waals surface area (Å²) in [5.74, 6) is -0.225. The van der Waals surface area contributed by atoms with Crippen molar-refractivity contribution in [3.8, 4) is 0 Å². The number of thioether (sulfide) groups is 1. The van der Waals surface area contributed by atoms with E-state index in [0.717, 1.165) is 21.7 Å². The zero-order valence-corrected chi connectivity index (χ0v) is 19.4. The lowest BCUT2D eigenvalue weighted by Crippen LogP contribution is -2.24. The van der Waals surface area contributed by atoms with Gasteiger partial charge in [0.25, 0.3) is 0 Å². The van der Waals surface area contributed by atoms with Crippen LogP contribution in [0.5, 0.6) is 0 Å². The molecular weight excluding hydrogens is 416 g/mol. The van der Waals surface area contributed by atoms with Gasteiger partial charge in [0.1, 0.15) is 0 Å². The van der Waals surface area contributed by atoms with Gasteiger partial charge in [-0.3, -0.25) is 9.59 Å². The Kier molecular flexibility index (Phi) is 8.28. The van der Waals surface area contributed by atoms with Gasteiger partial charge in [0.05, 0.1) is 5.25 Å². The van der Waals surface area contributed by atoms with Gasteiger partial charge in [-0.1, -0.05) is 49.4 Å². The van der Waals surface area contributed by atoms with Crippen molar-refractivity contribution in [1.29, 1.82) is 0 Å². The monoisotopic (exact) mass is 444 g/mol. The Labute approximate surface area is 194 Å². The number of anilines is 2. The first-order valence-corrected chi connectivity index (χ1v) is 11.5. The molecule has 0 fully saturated rings. The number of hydrogen-bond donors (Lipinski definition) is 2. The van der Waals surface area contributed by atoms with Crippen molar-refractivity contribution >= 4 is 41.0 Å². The molecule has 4 nitrogen and oxygen atoms in total. The molecule has 1 atom stereocenters. The van der Waals surface area contributed by atoms with Gasteiger partial charge in [-0.05, 0) is 73.4 Å². The summed E-state index contributed by atoms with van der Waals surface area (Å²) in [7, 11) is 0. The predicted molar refractivity (Wildman–Crippen MR) is 135 cm³/mol. The Balaban J connectivity index is 1.61. The Bertz CT molecular complexity index is 1110. The first kappa shape index (κ1) is 23.4. The minimum absolute atomic E-state index is 0.0269. The molecule has 0 spiro atoms. The highest BCUT2D eigenvalue weighted by molar-refractivity contribution is 8.00. The number of carbonyl (C=O) groups is 2. The van der Waals surface area contributed by atoms with E-state index in [9.17, 15) is 9.59 Å². The van der Waals surface area contributed by atoms with Crippen LogP contribution < -0.4 is 10.6 Å². The average Bonchev–Trinajstić information content (AvgIpc) is 2.79. The van der Waals surface area contributed by atoms with E-state index < -0.39 is 0 Å². The van der Waals surface area contributed by atoms with Crippen molar-refractivity contribution in [2.45, 2.75) is 37.3 Å². The van der Waals surface area contributed by atoms with Gasteiger partial charge in [-0.2, -0.15) is 0 Å². The first-order chi connectivity index (χ1) is 15.4. The van der Waals surface area contributed by atoms with Gasteiger partial charge >= 0.3 is 0 Å². The molecule has 3 aromatic carbocycles. The van der Waals surface area contributed by atoms with Crippen LogP contribution in [0, 0.1) is 13.8 Å². The molecule has 0 radical (unpaired) electrons. The molecule has 164 valence electrons. The van der Waals surface area contributed by atoms with Crippen molar-refractivity contribution in [2.24, 2.45) is 0 Å². The molecule has 0 aliphatic rings. The minimum atomic E-state index is -0.236. The Hall–Kier alpha value is -3.31. The van der Waals surface area contributed by atoms with Gasteiger partial charge < -0.3 is 10.6 Å². The van der Waals surface area contributed by atoms with E-state index in [1.54, 1.807) is 6.08 Å². The van der Waals surface area contributed by atoms with Crippen molar-refractivity contribution in [3.63, 3.8) is 0 Å². The lowest BCUT2D eigenvalue weighted by atomic mass is 10.1. The molecule has 0 heterocycles. The second-order valence-corrected chi connectivity index (χ2v) is 8.84.